The van der Waals surface area contributed by atoms with E-state index in [1.165, 1.54) is 30.5 Å². The Hall–Kier alpha value is -2.65. The van der Waals surface area contributed by atoms with Crippen molar-refractivity contribution in [1.29, 1.82) is 5.26 Å². The molecule has 1 aromatic heterocycles. The zero-order chi connectivity index (χ0) is 13.8. The first-order chi connectivity index (χ1) is 9.10. The Kier molecular flexibility index (Phi) is 3.59. The first kappa shape index (κ1) is 12.8. The van der Waals surface area contributed by atoms with Gasteiger partial charge in [-0.3, -0.25) is 10.1 Å². The van der Waals surface area contributed by atoms with Gasteiger partial charge in [0.1, 0.15) is 11.8 Å². The van der Waals surface area contributed by atoms with E-state index in [9.17, 15) is 10.1 Å². The van der Waals surface area contributed by atoms with Crippen LogP contribution in [0.5, 0.6) is 11.6 Å². The van der Waals surface area contributed by atoms with Gasteiger partial charge in [-0.15, -0.1) is 0 Å². The van der Waals surface area contributed by atoms with E-state index in [1.54, 1.807) is 6.07 Å². The highest BCUT2D eigenvalue weighted by Crippen LogP contribution is 2.31. The van der Waals surface area contributed by atoms with Crippen LogP contribution in [-0.4, -0.2) is 9.91 Å². The largest absolute Gasteiger partial charge is 0.437 e. The molecule has 0 aliphatic carbocycles. The minimum absolute atomic E-state index is 0.111. The summed E-state index contributed by atoms with van der Waals surface area (Å²) in [5, 5.41) is 19.3. The summed E-state index contributed by atoms with van der Waals surface area (Å²) in [6, 6.07) is 8.85. The molecular formula is C12H6ClN3O3. The van der Waals surface area contributed by atoms with Gasteiger partial charge < -0.3 is 4.74 Å². The summed E-state index contributed by atoms with van der Waals surface area (Å²) in [4.78, 5) is 13.9. The van der Waals surface area contributed by atoms with Crippen LogP contribution in [0.1, 0.15) is 5.56 Å². The van der Waals surface area contributed by atoms with E-state index < -0.39 is 4.92 Å². The number of nitro groups is 1. The molecule has 7 heteroatoms. The normalized spacial score (nSPS) is 9.68. The Bertz CT molecular complexity index is 665. The van der Waals surface area contributed by atoms with Crippen molar-refractivity contribution >= 4 is 17.3 Å². The molecule has 19 heavy (non-hydrogen) atoms. The van der Waals surface area contributed by atoms with Crippen molar-refractivity contribution in [2.24, 2.45) is 0 Å². The standard InChI is InChI=1S/C12H6ClN3O3/c13-10-5-9(16(17)18)2-3-11(10)19-12-4-1-8(6-14)7-15-12/h1-5,7H. The fraction of sp³-hybridized carbons (Fsp3) is 0. The fourth-order valence-corrected chi connectivity index (χ4v) is 1.52. The van der Waals surface area contributed by atoms with Crippen LogP contribution in [0, 0.1) is 21.4 Å². The average molecular weight is 276 g/mol. The van der Waals surface area contributed by atoms with Gasteiger partial charge in [0.15, 0.2) is 0 Å². The molecule has 0 saturated carbocycles. The summed E-state index contributed by atoms with van der Waals surface area (Å²) in [7, 11) is 0. The van der Waals surface area contributed by atoms with E-state index in [0.717, 1.165) is 0 Å². The lowest BCUT2D eigenvalue weighted by atomic mass is 10.3. The number of hydrogen-bond acceptors (Lipinski definition) is 5. The van der Waals surface area contributed by atoms with E-state index in [0.29, 0.717) is 5.56 Å². The highest BCUT2D eigenvalue weighted by atomic mass is 35.5. The van der Waals surface area contributed by atoms with Crippen LogP contribution in [-0.2, 0) is 0 Å². The van der Waals surface area contributed by atoms with E-state index >= 15 is 0 Å². The molecule has 0 spiro atoms. The molecule has 6 nitrogen and oxygen atoms in total. The molecule has 1 aromatic carbocycles. The minimum atomic E-state index is -0.546. The molecule has 0 radical (unpaired) electrons. The van der Waals surface area contributed by atoms with Gasteiger partial charge in [-0.2, -0.15) is 5.26 Å². The molecule has 0 saturated heterocycles. The van der Waals surface area contributed by atoms with Crippen LogP contribution in [0.2, 0.25) is 5.02 Å². The van der Waals surface area contributed by atoms with Crippen molar-refractivity contribution in [3.8, 4) is 17.7 Å². The third-order valence-electron chi connectivity index (χ3n) is 2.21. The molecule has 0 atom stereocenters. The van der Waals surface area contributed by atoms with Gasteiger partial charge in [-0.25, -0.2) is 4.98 Å². The topological polar surface area (TPSA) is 89.0 Å². The van der Waals surface area contributed by atoms with E-state index in [1.807, 2.05) is 6.07 Å². The number of nitrogens with zero attached hydrogens (tertiary/aromatic N) is 3. The molecule has 0 fully saturated rings. The number of nitriles is 1. The van der Waals surface area contributed by atoms with Gasteiger partial charge >= 0.3 is 0 Å². The Morgan fingerprint density at radius 2 is 2.16 bits per heavy atom. The van der Waals surface area contributed by atoms with Gasteiger partial charge in [0.2, 0.25) is 5.88 Å². The van der Waals surface area contributed by atoms with Crippen LogP contribution >= 0.6 is 11.6 Å². The summed E-state index contributed by atoms with van der Waals surface area (Å²) >= 11 is 5.87. The van der Waals surface area contributed by atoms with Crippen molar-refractivity contribution in [3.63, 3.8) is 0 Å². The molecule has 0 unspecified atom stereocenters. The molecule has 0 aliphatic rings. The second-order valence-electron chi connectivity index (χ2n) is 3.47. The van der Waals surface area contributed by atoms with Crippen LogP contribution in [0.3, 0.4) is 0 Å². The van der Waals surface area contributed by atoms with Gasteiger partial charge in [-0.1, -0.05) is 11.6 Å². The summed E-state index contributed by atoms with van der Waals surface area (Å²) in [6.45, 7) is 0. The molecule has 0 aliphatic heterocycles. The maximum atomic E-state index is 10.6. The molecule has 2 aromatic rings. The van der Waals surface area contributed by atoms with E-state index in [4.69, 9.17) is 21.6 Å². The Morgan fingerprint density at radius 3 is 2.68 bits per heavy atom. The average Bonchev–Trinajstić information content (AvgIpc) is 2.41. The summed E-state index contributed by atoms with van der Waals surface area (Å²) in [5.41, 5.74) is 0.285. The Labute approximate surface area is 113 Å². The maximum absolute atomic E-state index is 10.6. The van der Waals surface area contributed by atoms with Crippen molar-refractivity contribution in [2.75, 3.05) is 0 Å². The van der Waals surface area contributed by atoms with E-state index in [2.05, 4.69) is 4.98 Å². The quantitative estimate of drug-likeness (QED) is 0.633. The zero-order valence-corrected chi connectivity index (χ0v) is 10.2. The van der Waals surface area contributed by atoms with Gasteiger partial charge in [0.25, 0.3) is 5.69 Å². The van der Waals surface area contributed by atoms with Crippen molar-refractivity contribution in [2.45, 2.75) is 0 Å². The monoisotopic (exact) mass is 275 g/mol. The maximum Gasteiger partial charge on any atom is 0.271 e. The third-order valence-corrected chi connectivity index (χ3v) is 2.50. The molecular weight excluding hydrogens is 270 g/mol. The summed E-state index contributed by atoms with van der Waals surface area (Å²) in [5.74, 6) is 0.499. The number of ether oxygens (including phenoxy) is 1. The molecule has 0 amide bonds. The molecule has 0 bridgehead atoms. The van der Waals surface area contributed by atoms with Crippen LogP contribution in [0.15, 0.2) is 36.5 Å². The molecule has 0 N–H and O–H groups in total. The zero-order valence-electron chi connectivity index (χ0n) is 9.41. The molecule has 2 rings (SSSR count). The van der Waals surface area contributed by atoms with E-state index in [-0.39, 0.29) is 22.3 Å². The first-order valence-corrected chi connectivity index (χ1v) is 5.46. The van der Waals surface area contributed by atoms with Crippen molar-refractivity contribution < 1.29 is 9.66 Å². The number of benzene rings is 1. The number of nitro benzene ring substituents is 1. The number of aromatic nitrogens is 1. The summed E-state index contributed by atoms with van der Waals surface area (Å²) in [6.07, 6.45) is 1.36. The van der Waals surface area contributed by atoms with Gasteiger partial charge in [-0.05, 0) is 12.1 Å². The summed E-state index contributed by atoms with van der Waals surface area (Å²) < 4.78 is 5.37. The second kappa shape index (κ2) is 5.33. The highest BCUT2D eigenvalue weighted by molar-refractivity contribution is 6.32. The lowest BCUT2D eigenvalue weighted by molar-refractivity contribution is -0.384. The Morgan fingerprint density at radius 1 is 1.37 bits per heavy atom. The third kappa shape index (κ3) is 2.97. The van der Waals surface area contributed by atoms with Crippen molar-refractivity contribution in [3.05, 3.63) is 57.2 Å². The van der Waals surface area contributed by atoms with Gasteiger partial charge in [0, 0.05) is 24.4 Å². The van der Waals surface area contributed by atoms with Crippen molar-refractivity contribution in [1.82, 2.24) is 4.98 Å². The minimum Gasteiger partial charge on any atom is -0.437 e. The molecule has 1 heterocycles. The smallest absolute Gasteiger partial charge is 0.271 e. The SMILES string of the molecule is N#Cc1ccc(Oc2ccc([N+](=O)[O-])cc2Cl)nc1. The van der Waals surface area contributed by atoms with Crippen LogP contribution in [0.4, 0.5) is 5.69 Å². The number of non-ortho nitro benzene ring substituents is 1. The number of hydrogen-bond donors (Lipinski definition) is 0. The molecule has 94 valence electrons. The van der Waals surface area contributed by atoms with Crippen LogP contribution in [0.25, 0.3) is 0 Å². The predicted molar refractivity (Wildman–Crippen MR) is 67.1 cm³/mol. The lowest BCUT2D eigenvalue weighted by Crippen LogP contribution is -1.91. The predicted octanol–water partition coefficient (Wildman–Crippen LogP) is 3.31. The van der Waals surface area contributed by atoms with Gasteiger partial charge in [0.05, 0.1) is 15.5 Å². The number of rotatable bonds is 3. The fourth-order valence-electron chi connectivity index (χ4n) is 1.31. The Balaban J connectivity index is 2.23. The second-order valence-corrected chi connectivity index (χ2v) is 3.88. The lowest BCUT2D eigenvalue weighted by Gasteiger charge is -2.06. The number of pyridine rings is 1. The first-order valence-electron chi connectivity index (χ1n) is 5.08. The van der Waals surface area contributed by atoms with Crippen LogP contribution < -0.4 is 4.74 Å². The number of halogens is 1. The highest BCUT2D eigenvalue weighted by Gasteiger charge is 2.11.